The lowest BCUT2D eigenvalue weighted by Gasteiger charge is -2.39. The number of ether oxygens (including phenoxy) is 1. The third-order valence-electron chi connectivity index (χ3n) is 5.43. The van der Waals surface area contributed by atoms with Crippen LogP contribution >= 0.6 is 0 Å². The maximum atomic E-state index is 13.3. The van der Waals surface area contributed by atoms with Crippen LogP contribution < -0.4 is 20.9 Å². The van der Waals surface area contributed by atoms with Gasteiger partial charge in [0, 0.05) is 45.2 Å². The highest BCUT2D eigenvalue weighted by molar-refractivity contribution is 5.82. The zero-order chi connectivity index (χ0) is 23.9. The van der Waals surface area contributed by atoms with Crippen molar-refractivity contribution in [2.45, 2.75) is 13.0 Å². The molecule has 0 bridgehead atoms. The number of anilines is 4. The van der Waals surface area contributed by atoms with Crippen LogP contribution in [0.1, 0.15) is 18.5 Å². The monoisotopic (exact) mass is 466 g/mol. The zero-order valence-electron chi connectivity index (χ0n) is 19.0. The van der Waals surface area contributed by atoms with Gasteiger partial charge in [0.15, 0.2) is 0 Å². The van der Waals surface area contributed by atoms with Crippen LogP contribution in [-0.4, -0.2) is 59.2 Å². The number of nitrogens with zero attached hydrogens (tertiary/aromatic N) is 5. The minimum Gasteiger partial charge on any atom is -0.383 e. The first kappa shape index (κ1) is 23.3. The fourth-order valence-corrected chi connectivity index (χ4v) is 3.50. The van der Waals surface area contributed by atoms with E-state index < -0.39 is 0 Å². The van der Waals surface area contributed by atoms with Gasteiger partial charge in [-0.1, -0.05) is 12.1 Å². The molecule has 10 nitrogen and oxygen atoms in total. The fraction of sp³-hybridized carbons (Fsp3) is 0.348. The van der Waals surface area contributed by atoms with E-state index in [1.165, 1.54) is 12.1 Å². The molecule has 3 aromatic rings. The summed E-state index contributed by atoms with van der Waals surface area (Å²) in [7, 11) is 1.60. The SMILES string of the molecule is COCCNC(=O)C1CN(c2cc(Nc3cnccn3)nc(NC(C)c3ccc(F)cc3)n2)C1. The van der Waals surface area contributed by atoms with E-state index in [1.54, 1.807) is 37.8 Å². The van der Waals surface area contributed by atoms with Crippen molar-refractivity contribution in [3.63, 3.8) is 0 Å². The van der Waals surface area contributed by atoms with E-state index in [4.69, 9.17) is 4.74 Å². The van der Waals surface area contributed by atoms with Crippen molar-refractivity contribution in [3.8, 4) is 0 Å². The van der Waals surface area contributed by atoms with Crippen molar-refractivity contribution in [2.75, 3.05) is 48.9 Å². The van der Waals surface area contributed by atoms with Gasteiger partial charge in [-0.25, -0.2) is 9.37 Å². The van der Waals surface area contributed by atoms with Crippen LogP contribution in [0, 0.1) is 11.7 Å². The highest BCUT2D eigenvalue weighted by Gasteiger charge is 2.33. The van der Waals surface area contributed by atoms with Gasteiger partial charge in [0.1, 0.15) is 23.3 Å². The van der Waals surface area contributed by atoms with Gasteiger partial charge in [-0.3, -0.25) is 9.78 Å². The number of hydrogen-bond acceptors (Lipinski definition) is 9. The van der Waals surface area contributed by atoms with Gasteiger partial charge in [-0.15, -0.1) is 0 Å². The Hall–Kier alpha value is -3.86. The highest BCUT2D eigenvalue weighted by Crippen LogP contribution is 2.28. The smallest absolute Gasteiger partial charge is 0.227 e. The minimum atomic E-state index is -0.289. The molecule has 1 fully saturated rings. The molecule has 11 heteroatoms. The molecule has 1 aliphatic heterocycles. The standard InChI is InChI=1S/C23H27FN8O2/c1-15(16-3-5-18(24)6-4-16)28-23-30-19(29-20-12-25-7-8-26-20)11-21(31-23)32-13-17(14-32)22(33)27-9-10-34-2/h3-8,11-12,15,17H,9-10,13-14H2,1-2H3,(H,27,33)(H2,26,28,29,30,31). The maximum absolute atomic E-state index is 13.3. The summed E-state index contributed by atoms with van der Waals surface area (Å²) < 4.78 is 18.3. The van der Waals surface area contributed by atoms with Gasteiger partial charge in [0.2, 0.25) is 11.9 Å². The highest BCUT2D eigenvalue weighted by atomic mass is 19.1. The van der Waals surface area contributed by atoms with Gasteiger partial charge < -0.3 is 25.6 Å². The first-order valence-electron chi connectivity index (χ1n) is 11.0. The molecule has 3 N–H and O–H groups in total. The molecule has 1 saturated heterocycles. The molecule has 0 saturated carbocycles. The second-order valence-electron chi connectivity index (χ2n) is 7.95. The lowest BCUT2D eigenvalue weighted by atomic mass is 9.99. The normalized spacial score (nSPS) is 14.3. The number of aromatic nitrogens is 4. The summed E-state index contributed by atoms with van der Waals surface area (Å²) in [6.45, 7) is 4.01. The Balaban J connectivity index is 1.49. The van der Waals surface area contributed by atoms with Crippen LogP contribution in [0.2, 0.25) is 0 Å². The van der Waals surface area contributed by atoms with Crippen LogP contribution in [0.25, 0.3) is 0 Å². The number of rotatable bonds is 10. The van der Waals surface area contributed by atoms with Crippen molar-refractivity contribution >= 4 is 29.3 Å². The van der Waals surface area contributed by atoms with E-state index in [0.29, 0.717) is 49.6 Å². The first-order valence-corrected chi connectivity index (χ1v) is 11.0. The van der Waals surface area contributed by atoms with Gasteiger partial charge in [0.05, 0.1) is 24.8 Å². The molecule has 0 aliphatic carbocycles. The van der Waals surface area contributed by atoms with E-state index in [2.05, 4.69) is 35.9 Å². The van der Waals surface area contributed by atoms with Crippen molar-refractivity contribution in [2.24, 2.45) is 5.92 Å². The molecular weight excluding hydrogens is 439 g/mol. The molecule has 0 radical (unpaired) electrons. The summed E-state index contributed by atoms with van der Waals surface area (Å²) in [5.74, 6) is 1.76. The molecule has 2 aromatic heterocycles. The van der Waals surface area contributed by atoms with Crippen LogP contribution in [0.5, 0.6) is 0 Å². The maximum Gasteiger partial charge on any atom is 0.227 e. The van der Waals surface area contributed by atoms with Crippen LogP contribution in [0.4, 0.5) is 27.8 Å². The van der Waals surface area contributed by atoms with Crippen molar-refractivity contribution < 1.29 is 13.9 Å². The largest absolute Gasteiger partial charge is 0.383 e. The number of amides is 1. The fourth-order valence-electron chi connectivity index (χ4n) is 3.50. The molecule has 178 valence electrons. The Morgan fingerprint density at radius 2 is 2.00 bits per heavy atom. The zero-order valence-corrected chi connectivity index (χ0v) is 19.0. The van der Waals surface area contributed by atoms with Crippen molar-refractivity contribution in [1.82, 2.24) is 25.3 Å². The van der Waals surface area contributed by atoms with Gasteiger partial charge in [-0.2, -0.15) is 9.97 Å². The molecule has 1 unspecified atom stereocenters. The second kappa shape index (κ2) is 10.8. The molecule has 3 heterocycles. The molecule has 34 heavy (non-hydrogen) atoms. The summed E-state index contributed by atoms with van der Waals surface area (Å²) in [6.07, 6.45) is 4.77. The number of carbonyl (C=O) groups excluding carboxylic acids is 1. The first-order chi connectivity index (χ1) is 16.5. The molecule has 1 aromatic carbocycles. The predicted octanol–water partition coefficient (Wildman–Crippen LogP) is 2.52. The average Bonchev–Trinajstić information content (AvgIpc) is 2.79. The van der Waals surface area contributed by atoms with Gasteiger partial charge in [0.25, 0.3) is 0 Å². The lowest BCUT2D eigenvalue weighted by molar-refractivity contribution is -0.125. The molecule has 1 aliphatic rings. The Bertz CT molecular complexity index is 1090. The van der Waals surface area contributed by atoms with Crippen molar-refractivity contribution in [1.29, 1.82) is 0 Å². The summed E-state index contributed by atoms with van der Waals surface area (Å²) in [5, 5.41) is 9.29. The van der Waals surface area contributed by atoms with E-state index in [1.807, 2.05) is 17.9 Å². The van der Waals surface area contributed by atoms with Crippen LogP contribution in [0.15, 0.2) is 48.9 Å². The van der Waals surface area contributed by atoms with E-state index >= 15 is 0 Å². The Morgan fingerprint density at radius 1 is 1.21 bits per heavy atom. The van der Waals surface area contributed by atoms with E-state index in [9.17, 15) is 9.18 Å². The van der Waals surface area contributed by atoms with E-state index in [0.717, 1.165) is 5.56 Å². The summed E-state index contributed by atoms with van der Waals surface area (Å²) in [5.41, 5.74) is 0.899. The Morgan fingerprint density at radius 3 is 2.71 bits per heavy atom. The molecule has 1 atom stereocenters. The summed E-state index contributed by atoms with van der Waals surface area (Å²) in [4.78, 5) is 31.8. The van der Waals surface area contributed by atoms with Gasteiger partial charge >= 0.3 is 0 Å². The number of halogens is 1. The number of carbonyl (C=O) groups is 1. The topological polar surface area (TPSA) is 117 Å². The summed E-state index contributed by atoms with van der Waals surface area (Å²) in [6, 6.07) is 7.93. The Kier molecular flexibility index (Phi) is 7.43. The van der Waals surface area contributed by atoms with Crippen LogP contribution in [-0.2, 0) is 9.53 Å². The second-order valence-corrected chi connectivity index (χ2v) is 7.95. The number of methoxy groups -OCH3 is 1. The van der Waals surface area contributed by atoms with Gasteiger partial charge in [-0.05, 0) is 24.6 Å². The average molecular weight is 467 g/mol. The molecule has 4 rings (SSSR count). The van der Waals surface area contributed by atoms with Crippen LogP contribution in [0.3, 0.4) is 0 Å². The molecular formula is C23H27FN8O2. The third kappa shape index (κ3) is 5.93. The molecule has 1 amide bonds. The molecule has 0 spiro atoms. The van der Waals surface area contributed by atoms with E-state index in [-0.39, 0.29) is 23.7 Å². The minimum absolute atomic E-state index is 0.00328. The number of nitrogens with one attached hydrogen (secondary N) is 3. The quantitative estimate of drug-likeness (QED) is 0.388. The number of hydrogen-bond donors (Lipinski definition) is 3. The summed E-state index contributed by atoms with van der Waals surface area (Å²) >= 11 is 0. The third-order valence-corrected chi connectivity index (χ3v) is 5.43. The lowest BCUT2D eigenvalue weighted by Crippen LogP contribution is -2.54. The Labute approximate surface area is 197 Å². The van der Waals surface area contributed by atoms with Crippen molar-refractivity contribution in [3.05, 3.63) is 60.3 Å². The predicted molar refractivity (Wildman–Crippen MR) is 126 cm³/mol. The number of benzene rings is 1.